The van der Waals surface area contributed by atoms with E-state index in [9.17, 15) is 9.59 Å². The summed E-state index contributed by atoms with van der Waals surface area (Å²) in [6, 6.07) is 32.8. The first kappa shape index (κ1) is 28.4. The van der Waals surface area contributed by atoms with Crippen LogP contribution < -0.4 is 15.1 Å². The third-order valence-corrected chi connectivity index (χ3v) is 9.66. The van der Waals surface area contributed by atoms with Gasteiger partial charge in [-0.3, -0.25) is 14.5 Å². The number of benzene rings is 4. The van der Waals surface area contributed by atoms with E-state index in [4.69, 9.17) is 0 Å². The molecule has 6 nitrogen and oxygen atoms in total. The Bertz CT molecular complexity index is 1650. The maximum absolute atomic E-state index is 14.0. The smallest absolute Gasteiger partial charge is 0.258 e. The summed E-state index contributed by atoms with van der Waals surface area (Å²) >= 11 is 0. The van der Waals surface area contributed by atoms with Gasteiger partial charge in [0.2, 0.25) is 5.91 Å². The van der Waals surface area contributed by atoms with Gasteiger partial charge in [0.15, 0.2) is 0 Å². The number of rotatable bonds is 7. The van der Waals surface area contributed by atoms with E-state index in [0.29, 0.717) is 12.1 Å². The molecule has 1 fully saturated rings. The summed E-state index contributed by atoms with van der Waals surface area (Å²) in [5, 5.41) is 3.85. The molecule has 4 aromatic carbocycles. The highest BCUT2D eigenvalue weighted by Gasteiger charge is 2.41. The summed E-state index contributed by atoms with van der Waals surface area (Å²) in [6.45, 7) is 6.18. The Balaban J connectivity index is 1.14. The Kier molecular flexibility index (Phi) is 7.69. The average Bonchev–Trinajstić information content (AvgIpc) is 3.47. The van der Waals surface area contributed by atoms with Gasteiger partial charge in [0.25, 0.3) is 5.91 Å². The van der Waals surface area contributed by atoms with Crippen molar-refractivity contribution in [1.82, 2.24) is 4.90 Å². The summed E-state index contributed by atoms with van der Waals surface area (Å²) in [7, 11) is 0. The van der Waals surface area contributed by atoms with Crippen LogP contribution in [0.2, 0.25) is 0 Å². The van der Waals surface area contributed by atoms with Crippen molar-refractivity contribution in [3.63, 3.8) is 0 Å². The van der Waals surface area contributed by atoms with Gasteiger partial charge in [-0.05, 0) is 98.4 Å². The third kappa shape index (κ3) is 5.17. The number of piperidine rings is 1. The number of amides is 2. The second-order valence-corrected chi connectivity index (χ2v) is 12.4. The van der Waals surface area contributed by atoms with E-state index >= 15 is 0 Å². The number of carbonyl (C=O) groups excluding carboxylic acids is 2. The Labute approximate surface area is 260 Å². The van der Waals surface area contributed by atoms with Crippen LogP contribution in [0.15, 0.2) is 97.1 Å². The van der Waals surface area contributed by atoms with Crippen molar-refractivity contribution in [3.05, 3.63) is 125 Å². The fourth-order valence-electron chi connectivity index (χ4n) is 7.38. The number of likely N-dealkylation sites (tertiary alicyclic amines) is 1. The van der Waals surface area contributed by atoms with E-state index in [1.807, 2.05) is 41.3 Å². The number of hydrogen-bond acceptors (Lipinski definition) is 4. The topological polar surface area (TPSA) is 55.9 Å². The number of hydrogen-bond donors (Lipinski definition) is 1. The fraction of sp³-hybridized carbons (Fsp3) is 0.316. The molecule has 0 spiro atoms. The van der Waals surface area contributed by atoms with Gasteiger partial charge in [0.1, 0.15) is 6.54 Å². The first-order valence-corrected chi connectivity index (χ1v) is 16.0. The molecule has 0 aromatic heterocycles. The Morgan fingerprint density at radius 2 is 1.50 bits per heavy atom. The molecule has 2 amide bonds. The Morgan fingerprint density at radius 3 is 2.27 bits per heavy atom. The van der Waals surface area contributed by atoms with Crippen molar-refractivity contribution in [3.8, 4) is 0 Å². The van der Waals surface area contributed by atoms with Crippen LogP contribution in [0.4, 0.5) is 17.1 Å². The molecule has 0 saturated carbocycles. The maximum Gasteiger partial charge on any atom is 0.258 e. The predicted molar refractivity (Wildman–Crippen MR) is 178 cm³/mol. The second-order valence-electron chi connectivity index (χ2n) is 12.4. The van der Waals surface area contributed by atoms with Crippen molar-refractivity contribution < 1.29 is 9.59 Å². The summed E-state index contributed by atoms with van der Waals surface area (Å²) in [6.07, 6.45) is 5.60. The molecular weight excluding hydrogens is 544 g/mol. The van der Waals surface area contributed by atoms with Crippen LogP contribution in [0.5, 0.6) is 0 Å². The molecule has 6 heteroatoms. The van der Waals surface area contributed by atoms with Crippen LogP contribution in [0, 0.1) is 6.92 Å². The molecule has 7 rings (SSSR count). The van der Waals surface area contributed by atoms with Gasteiger partial charge in [-0.25, -0.2) is 0 Å². The van der Waals surface area contributed by atoms with Crippen LogP contribution in [0.1, 0.15) is 58.3 Å². The molecule has 44 heavy (non-hydrogen) atoms. The monoisotopic (exact) mass is 584 g/mol. The predicted octanol–water partition coefficient (Wildman–Crippen LogP) is 6.78. The van der Waals surface area contributed by atoms with Gasteiger partial charge in [-0.1, -0.05) is 73.2 Å². The third-order valence-electron chi connectivity index (χ3n) is 9.66. The minimum Gasteiger partial charge on any atom is -0.371 e. The molecule has 1 atom stereocenters. The van der Waals surface area contributed by atoms with Crippen LogP contribution >= 0.6 is 0 Å². The Hall–Kier alpha value is -4.42. The molecule has 1 N–H and O–H groups in total. The molecular formula is C38H40N4O2. The number of fused-ring (bicyclic) bond motifs is 2. The van der Waals surface area contributed by atoms with E-state index in [-0.39, 0.29) is 18.4 Å². The van der Waals surface area contributed by atoms with Gasteiger partial charge in [-0.2, -0.15) is 0 Å². The number of para-hydroxylation sites is 3. The lowest BCUT2D eigenvalue weighted by Crippen LogP contribution is -2.49. The zero-order valence-corrected chi connectivity index (χ0v) is 25.5. The van der Waals surface area contributed by atoms with Crippen molar-refractivity contribution in [1.29, 1.82) is 0 Å². The van der Waals surface area contributed by atoms with Gasteiger partial charge >= 0.3 is 0 Å². The molecule has 1 saturated heterocycles. The Morgan fingerprint density at radius 1 is 0.795 bits per heavy atom. The lowest BCUT2D eigenvalue weighted by molar-refractivity contribution is -0.117. The normalized spacial score (nSPS) is 19.8. The molecule has 224 valence electrons. The van der Waals surface area contributed by atoms with Crippen molar-refractivity contribution >= 4 is 28.9 Å². The molecule has 0 aliphatic carbocycles. The number of carbonyl (C=O) groups is 2. The van der Waals surface area contributed by atoms with E-state index in [1.165, 1.54) is 36.0 Å². The lowest BCUT2D eigenvalue weighted by Gasteiger charge is -2.37. The van der Waals surface area contributed by atoms with Crippen LogP contribution in [-0.4, -0.2) is 49.4 Å². The zero-order valence-electron chi connectivity index (χ0n) is 25.5. The lowest BCUT2D eigenvalue weighted by atomic mass is 9.78. The summed E-state index contributed by atoms with van der Waals surface area (Å²) in [5.41, 5.74) is 7.73. The summed E-state index contributed by atoms with van der Waals surface area (Å²) in [5.74, 6) is -0.184. The van der Waals surface area contributed by atoms with Gasteiger partial charge in [-0.15, -0.1) is 0 Å². The summed E-state index contributed by atoms with van der Waals surface area (Å²) < 4.78 is 0. The highest BCUT2D eigenvalue weighted by Crippen LogP contribution is 2.45. The molecule has 0 bridgehead atoms. The highest BCUT2D eigenvalue weighted by atomic mass is 16.2. The van der Waals surface area contributed by atoms with Crippen LogP contribution in [-0.2, 0) is 16.8 Å². The van der Waals surface area contributed by atoms with Crippen LogP contribution in [0.3, 0.4) is 0 Å². The number of anilines is 3. The number of aryl methyl sites for hydroxylation is 1. The number of nitrogens with zero attached hydrogens (tertiary/aromatic N) is 3. The molecule has 3 heterocycles. The maximum atomic E-state index is 14.0. The zero-order chi connectivity index (χ0) is 30.1. The van der Waals surface area contributed by atoms with Gasteiger partial charge in [0, 0.05) is 24.2 Å². The first-order valence-electron chi connectivity index (χ1n) is 16.0. The molecule has 3 aliphatic heterocycles. The van der Waals surface area contributed by atoms with Gasteiger partial charge < -0.3 is 15.1 Å². The highest BCUT2D eigenvalue weighted by molar-refractivity contribution is 6.15. The second kappa shape index (κ2) is 11.9. The largest absolute Gasteiger partial charge is 0.371 e. The SMILES string of the molecule is Cc1ccccc1C1(c2ccc(C(=O)N3CC(=O)N(CCCN4CCCCC4)c4ccccc43)cc2)Cc2ccccc2N1. The van der Waals surface area contributed by atoms with E-state index in [1.54, 1.807) is 4.90 Å². The van der Waals surface area contributed by atoms with E-state index < -0.39 is 5.54 Å². The van der Waals surface area contributed by atoms with Gasteiger partial charge in [0.05, 0.1) is 16.9 Å². The van der Waals surface area contributed by atoms with Crippen LogP contribution in [0.25, 0.3) is 0 Å². The quantitative estimate of drug-likeness (QED) is 0.260. The minimum absolute atomic E-state index is 0.0289. The minimum atomic E-state index is -0.432. The standard InChI is InChI=1S/C38H40N4O2/c1-28-12-3-5-14-32(28)38(26-30-13-4-6-15-33(30)39-38)31-20-18-29(19-21-31)37(44)42-27-36(43)41(34-16-7-8-17-35(34)42)25-11-24-40-22-9-2-10-23-40/h3-8,12-21,39H,2,9-11,22-27H2,1H3. The van der Waals surface area contributed by atoms with Crippen molar-refractivity contribution in [2.45, 2.75) is 44.6 Å². The fourth-order valence-corrected chi connectivity index (χ4v) is 7.38. The molecule has 1 unspecified atom stereocenters. The van der Waals surface area contributed by atoms with Crippen molar-refractivity contribution in [2.75, 3.05) is 47.8 Å². The van der Waals surface area contributed by atoms with E-state index in [0.717, 1.165) is 55.1 Å². The van der Waals surface area contributed by atoms with Crippen molar-refractivity contribution in [2.24, 2.45) is 0 Å². The average molecular weight is 585 g/mol. The van der Waals surface area contributed by atoms with E-state index in [2.05, 4.69) is 77.8 Å². The molecule has 3 aliphatic rings. The summed E-state index contributed by atoms with van der Waals surface area (Å²) in [4.78, 5) is 33.5. The molecule has 4 aromatic rings. The number of nitrogens with one attached hydrogen (secondary N) is 1. The first-order chi connectivity index (χ1) is 21.5. The molecule has 0 radical (unpaired) electrons.